The van der Waals surface area contributed by atoms with Crippen molar-refractivity contribution >= 4 is 23.5 Å². The van der Waals surface area contributed by atoms with Crippen LogP contribution in [0.4, 0.5) is 5.95 Å². The predicted molar refractivity (Wildman–Crippen MR) is 121 cm³/mol. The van der Waals surface area contributed by atoms with E-state index in [0.717, 1.165) is 36.1 Å². The highest BCUT2D eigenvalue weighted by Gasteiger charge is 2.46. The van der Waals surface area contributed by atoms with E-state index in [9.17, 15) is 9.90 Å². The van der Waals surface area contributed by atoms with Crippen LogP contribution in [-0.4, -0.2) is 34.1 Å². The van der Waals surface area contributed by atoms with Gasteiger partial charge in [0.2, 0.25) is 11.8 Å². The molecule has 2 aliphatic rings. The number of nitrogens with one attached hydrogen (secondary N) is 1. The van der Waals surface area contributed by atoms with Crippen LogP contribution in [0.25, 0.3) is 0 Å². The molecular formula is C24H23ClN4O3. The largest absolute Gasteiger partial charge is 0.506 e. The van der Waals surface area contributed by atoms with Crippen molar-refractivity contribution in [2.75, 3.05) is 18.0 Å². The van der Waals surface area contributed by atoms with Gasteiger partial charge in [0, 0.05) is 25.8 Å². The minimum Gasteiger partial charge on any atom is -0.506 e. The first-order valence-corrected chi connectivity index (χ1v) is 11.0. The number of rotatable bonds is 7. The van der Waals surface area contributed by atoms with Crippen LogP contribution in [0, 0.1) is 11.8 Å². The molecular weight excluding hydrogens is 428 g/mol. The number of benzene rings is 2. The molecule has 3 aromatic rings. The number of phenolic OH excluding ortho intramolecular Hbond substituents is 1. The number of phenols is 1. The van der Waals surface area contributed by atoms with Crippen LogP contribution in [0.2, 0.25) is 5.02 Å². The summed E-state index contributed by atoms with van der Waals surface area (Å²) in [5.41, 5.74) is 2.03. The molecule has 2 N–H and O–H groups in total. The van der Waals surface area contributed by atoms with Crippen LogP contribution < -0.4 is 15.0 Å². The fourth-order valence-corrected chi connectivity index (χ4v) is 4.21. The van der Waals surface area contributed by atoms with Gasteiger partial charge in [0.25, 0.3) is 5.91 Å². The molecule has 2 unspecified atom stereocenters. The highest BCUT2D eigenvalue weighted by Crippen LogP contribution is 2.45. The van der Waals surface area contributed by atoms with Gasteiger partial charge in [-0.1, -0.05) is 48.0 Å². The van der Waals surface area contributed by atoms with Crippen molar-refractivity contribution in [2.24, 2.45) is 11.8 Å². The van der Waals surface area contributed by atoms with Gasteiger partial charge in [0.15, 0.2) is 0 Å². The average Bonchev–Trinajstić information content (AvgIpc) is 3.43. The first-order chi connectivity index (χ1) is 15.6. The Bertz CT molecular complexity index is 1130. The predicted octanol–water partition coefficient (Wildman–Crippen LogP) is 3.80. The summed E-state index contributed by atoms with van der Waals surface area (Å²) in [6, 6.07) is 14.5. The molecule has 0 radical (unpaired) electrons. The van der Waals surface area contributed by atoms with E-state index in [-0.39, 0.29) is 34.7 Å². The van der Waals surface area contributed by atoms with Gasteiger partial charge in [-0.3, -0.25) is 4.79 Å². The summed E-state index contributed by atoms with van der Waals surface area (Å²) >= 11 is 6.00. The van der Waals surface area contributed by atoms with Crippen LogP contribution in [0.3, 0.4) is 0 Å². The number of fused-ring (bicyclic) bond motifs is 1. The molecule has 0 spiro atoms. The van der Waals surface area contributed by atoms with Crippen molar-refractivity contribution in [3.8, 4) is 11.6 Å². The molecule has 1 aliphatic heterocycles. The fraction of sp³-hybridized carbons (Fsp3) is 0.292. The third-order valence-electron chi connectivity index (χ3n) is 5.93. The Labute approximate surface area is 191 Å². The number of carbonyl (C=O) groups is 1. The van der Waals surface area contributed by atoms with Gasteiger partial charge in [-0.25, -0.2) is 4.98 Å². The maximum absolute atomic E-state index is 12.9. The number of carbonyl (C=O) groups excluding carboxylic acids is 1. The highest BCUT2D eigenvalue weighted by molar-refractivity contribution is 6.32. The summed E-state index contributed by atoms with van der Waals surface area (Å²) in [7, 11) is 0. The number of hydrogen-bond donors (Lipinski definition) is 2. The van der Waals surface area contributed by atoms with Gasteiger partial charge in [0.05, 0.1) is 5.02 Å². The Morgan fingerprint density at radius 1 is 1.16 bits per heavy atom. The monoisotopic (exact) mass is 450 g/mol. The second kappa shape index (κ2) is 8.67. The lowest BCUT2D eigenvalue weighted by Gasteiger charge is -2.19. The molecule has 1 aromatic heterocycles. The second-order valence-corrected chi connectivity index (χ2v) is 8.70. The second-order valence-electron chi connectivity index (χ2n) is 8.29. The maximum Gasteiger partial charge on any atom is 0.258 e. The molecule has 7 nitrogen and oxygen atoms in total. The van der Waals surface area contributed by atoms with E-state index < -0.39 is 0 Å². The van der Waals surface area contributed by atoms with Crippen molar-refractivity contribution in [1.29, 1.82) is 0 Å². The summed E-state index contributed by atoms with van der Waals surface area (Å²) < 4.78 is 5.95. The molecule has 2 atom stereocenters. The molecule has 2 aromatic carbocycles. The quantitative estimate of drug-likeness (QED) is 0.569. The van der Waals surface area contributed by atoms with Gasteiger partial charge in [0.1, 0.15) is 17.9 Å². The standard InChI is InChI=1S/C24H23ClN4O3/c25-20-8-16(6-7-21(20)30)14-32-23-19(22(31)26-10-15-4-2-1-3-5-15)11-27-24(28-23)29-12-17-9-18(17)13-29/h1-8,11,17-18,30H,9-10,12-14H2,(H,26,31). The van der Waals surface area contributed by atoms with E-state index in [1.165, 1.54) is 18.7 Å². The van der Waals surface area contributed by atoms with E-state index in [0.29, 0.717) is 12.5 Å². The third-order valence-corrected chi connectivity index (χ3v) is 6.23. The first-order valence-electron chi connectivity index (χ1n) is 10.6. The van der Waals surface area contributed by atoms with E-state index in [1.807, 2.05) is 30.3 Å². The Morgan fingerprint density at radius 3 is 2.69 bits per heavy atom. The summed E-state index contributed by atoms with van der Waals surface area (Å²) in [4.78, 5) is 24.1. The topological polar surface area (TPSA) is 87.6 Å². The molecule has 2 heterocycles. The normalized spacial score (nSPS) is 18.8. The van der Waals surface area contributed by atoms with Crippen LogP contribution in [-0.2, 0) is 13.2 Å². The molecule has 5 rings (SSSR count). The molecule has 164 valence electrons. The van der Waals surface area contributed by atoms with E-state index >= 15 is 0 Å². The Morgan fingerprint density at radius 2 is 1.94 bits per heavy atom. The average molecular weight is 451 g/mol. The summed E-state index contributed by atoms with van der Waals surface area (Å²) in [6.45, 7) is 2.43. The minimum atomic E-state index is -0.302. The zero-order valence-electron chi connectivity index (χ0n) is 17.4. The number of piperidine rings is 1. The zero-order valence-corrected chi connectivity index (χ0v) is 18.1. The Kier molecular flexibility index (Phi) is 5.57. The number of nitrogens with zero attached hydrogens (tertiary/aromatic N) is 3. The highest BCUT2D eigenvalue weighted by atomic mass is 35.5. The number of amides is 1. The SMILES string of the molecule is O=C(NCc1ccccc1)c1cnc(N2CC3CC3C2)nc1OCc1ccc(O)c(Cl)c1. The van der Waals surface area contributed by atoms with Crippen LogP contribution >= 0.6 is 11.6 Å². The number of halogens is 1. The summed E-state index contributed by atoms with van der Waals surface area (Å²) in [5, 5.41) is 12.8. The van der Waals surface area contributed by atoms with Gasteiger partial charge in [-0.05, 0) is 41.5 Å². The molecule has 1 amide bonds. The van der Waals surface area contributed by atoms with Crippen molar-refractivity contribution < 1.29 is 14.6 Å². The Hall–Kier alpha value is -3.32. The lowest BCUT2D eigenvalue weighted by atomic mass is 10.2. The molecule has 0 bridgehead atoms. The number of ether oxygens (including phenoxy) is 1. The van der Waals surface area contributed by atoms with E-state index in [1.54, 1.807) is 12.1 Å². The number of aromatic nitrogens is 2. The third kappa shape index (κ3) is 4.48. The van der Waals surface area contributed by atoms with Crippen molar-refractivity contribution in [3.05, 3.63) is 76.4 Å². The van der Waals surface area contributed by atoms with Crippen molar-refractivity contribution in [2.45, 2.75) is 19.6 Å². The number of aromatic hydroxyl groups is 1. The van der Waals surface area contributed by atoms with Gasteiger partial charge in [-0.15, -0.1) is 0 Å². The van der Waals surface area contributed by atoms with Crippen molar-refractivity contribution in [1.82, 2.24) is 15.3 Å². The van der Waals surface area contributed by atoms with Crippen LogP contribution in [0.1, 0.15) is 27.9 Å². The lowest BCUT2D eigenvalue weighted by Crippen LogP contribution is -2.27. The van der Waals surface area contributed by atoms with Crippen molar-refractivity contribution in [3.63, 3.8) is 0 Å². The summed E-state index contributed by atoms with van der Waals surface area (Å²) in [5.74, 6) is 1.98. The lowest BCUT2D eigenvalue weighted by molar-refractivity contribution is 0.0945. The first kappa shape index (κ1) is 20.6. The summed E-state index contributed by atoms with van der Waals surface area (Å²) in [6.07, 6.45) is 2.81. The smallest absolute Gasteiger partial charge is 0.258 e. The minimum absolute atomic E-state index is 0.00770. The maximum atomic E-state index is 12.9. The van der Waals surface area contributed by atoms with Gasteiger partial charge >= 0.3 is 0 Å². The van der Waals surface area contributed by atoms with Crippen LogP contribution in [0.5, 0.6) is 11.6 Å². The van der Waals surface area contributed by atoms with Crippen LogP contribution in [0.15, 0.2) is 54.7 Å². The van der Waals surface area contributed by atoms with E-state index in [4.69, 9.17) is 16.3 Å². The number of anilines is 1. The Balaban J connectivity index is 1.35. The van der Waals surface area contributed by atoms with Gasteiger partial charge in [-0.2, -0.15) is 4.98 Å². The molecule has 8 heteroatoms. The zero-order chi connectivity index (χ0) is 22.1. The molecule has 1 saturated carbocycles. The molecule has 32 heavy (non-hydrogen) atoms. The van der Waals surface area contributed by atoms with Gasteiger partial charge < -0.3 is 20.1 Å². The molecule has 1 saturated heterocycles. The fourth-order valence-electron chi connectivity index (χ4n) is 4.00. The molecule has 1 aliphatic carbocycles. The van der Waals surface area contributed by atoms with E-state index in [2.05, 4.69) is 20.2 Å². The molecule has 2 fully saturated rings. The number of hydrogen-bond acceptors (Lipinski definition) is 6.